The molecule has 0 unspecified atom stereocenters. The van der Waals surface area contributed by atoms with E-state index < -0.39 is 0 Å². The Morgan fingerprint density at radius 2 is 2.19 bits per heavy atom. The second-order valence-corrected chi connectivity index (χ2v) is 6.60. The van der Waals surface area contributed by atoms with Gasteiger partial charge in [0.2, 0.25) is 5.88 Å². The number of nitrogens with zero attached hydrogens (tertiary/aromatic N) is 3. The smallest absolute Gasteiger partial charge is 0.257 e. The second kappa shape index (κ2) is 7.07. The number of carbonyl (C=O) groups is 1. The molecule has 6 heteroatoms. The third kappa shape index (κ3) is 3.46. The lowest BCUT2D eigenvalue weighted by atomic mass is 10.0. The van der Waals surface area contributed by atoms with Crippen LogP contribution in [0.1, 0.15) is 40.0 Å². The summed E-state index contributed by atoms with van der Waals surface area (Å²) in [6.45, 7) is 2.43. The van der Waals surface area contributed by atoms with Gasteiger partial charge >= 0.3 is 0 Å². The van der Waals surface area contributed by atoms with E-state index in [0.29, 0.717) is 23.4 Å². The number of aromatic nitrogens is 3. The van der Waals surface area contributed by atoms with Crippen molar-refractivity contribution >= 4 is 17.1 Å². The normalized spacial score (nSPS) is 13.6. The van der Waals surface area contributed by atoms with E-state index in [1.165, 1.54) is 10.7 Å². The van der Waals surface area contributed by atoms with Gasteiger partial charge in [0.1, 0.15) is 5.56 Å². The monoisotopic (exact) mass is 360 g/mol. The minimum absolute atomic E-state index is 0.0485. The zero-order valence-corrected chi connectivity index (χ0v) is 15.0. The third-order valence-electron chi connectivity index (χ3n) is 4.52. The summed E-state index contributed by atoms with van der Waals surface area (Å²) < 4.78 is 1.28. The number of aromatic hydroxyl groups is 1. The second-order valence-electron chi connectivity index (χ2n) is 6.60. The predicted octanol–water partition coefficient (Wildman–Crippen LogP) is 3.41. The van der Waals surface area contributed by atoms with Crippen LogP contribution in [0, 0.1) is 6.92 Å². The molecular formula is C21H20N4O2. The van der Waals surface area contributed by atoms with E-state index in [1.54, 1.807) is 6.07 Å². The van der Waals surface area contributed by atoms with Crippen LogP contribution in [0.4, 0.5) is 0 Å². The van der Waals surface area contributed by atoms with Crippen LogP contribution in [-0.2, 0) is 6.54 Å². The van der Waals surface area contributed by atoms with Crippen LogP contribution in [0.25, 0.3) is 11.2 Å². The van der Waals surface area contributed by atoms with Crippen molar-refractivity contribution in [1.29, 1.82) is 0 Å². The molecule has 0 saturated heterocycles. The highest BCUT2D eigenvalue weighted by atomic mass is 16.3. The molecule has 27 heavy (non-hydrogen) atoms. The SMILES string of the molecule is Cc1cccc(CNC(=O)c2cnn3c(O)cc(C4=CCCC=C4)nc23)c1. The van der Waals surface area contributed by atoms with Crippen LogP contribution in [0.5, 0.6) is 5.88 Å². The molecule has 136 valence electrons. The highest BCUT2D eigenvalue weighted by Gasteiger charge is 2.18. The van der Waals surface area contributed by atoms with E-state index in [2.05, 4.69) is 27.6 Å². The van der Waals surface area contributed by atoms with Crippen LogP contribution in [-0.4, -0.2) is 25.6 Å². The molecule has 2 heterocycles. The van der Waals surface area contributed by atoms with Gasteiger partial charge in [-0.05, 0) is 30.9 Å². The molecule has 3 aromatic rings. The van der Waals surface area contributed by atoms with Crippen molar-refractivity contribution in [3.63, 3.8) is 0 Å². The summed E-state index contributed by atoms with van der Waals surface area (Å²) in [6.07, 6.45) is 9.49. The first-order chi connectivity index (χ1) is 13.1. The average Bonchev–Trinajstić information content (AvgIpc) is 3.11. The molecule has 2 aromatic heterocycles. The Morgan fingerprint density at radius 3 is 2.96 bits per heavy atom. The maximum absolute atomic E-state index is 12.7. The van der Waals surface area contributed by atoms with Crippen molar-refractivity contribution in [1.82, 2.24) is 19.9 Å². The van der Waals surface area contributed by atoms with Crippen molar-refractivity contribution in [3.05, 3.63) is 77.1 Å². The van der Waals surface area contributed by atoms with E-state index in [1.807, 2.05) is 37.3 Å². The zero-order valence-electron chi connectivity index (χ0n) is 15.0. The molecular weight excluding hydrogens is 340 g/mol. The Bertz CT molecular complexity index is 1080. The molecule has 0 atom stereocenters. The van der Waals surface area contributed by atoms with Gasteiger partial charge in [-0.25, -0.2) is 4.98 Å². The molecule has 0 bridgehead atoms. The number of allylic oxidation sites excluding steroid dienone is 4. The van der Waals surface area contributed by atoms with Crippen LogP contribution >= 0.6 is 0 Å². The fraction of sp³-hybridized carbons (Fsp3) is 0.190. The first kappa shape index (κ1) is 17.0. The van der Waals surface area contributed by atoms with Crippen molar-refractivity contribution in [2.45, 2.75) is 26.3 Å². The summed E-state index contributed by atoms with van der Waals surface area (Å²) in [5.74, 6) is -0.323. The molecule has 0 spiro atoms. The van der Waals surface area contributed by atoms with Crippen LogP contribution in [0.3, 0.4) is 0 Å². The van der Waals surface area contributed by atoms with Gasteiger partial charge in [-0.2, -0.15) is 9.61 Å². The number of hydrogen-bond donors (Lipinski definition) is 2. The maximum atomic E-state index is 12.7. The molecule has 1 aliphatic rings. The van der Waals surface area contributed by atoms with Gasteiger partial charge < -0.3 is 10.4 Å². The van der Waals surface area contributed by atoms with E-state index in [-0.39, 0.29) is 11.8 Å². The van der Waals surface area contributed by atoms with Crippen LogP contribution in [0.2, 0.25) is 0 Å². The van der Waals surface area contributed by atoms with Gasteiger partial charge in [0.25, 0.3) is 5.91 Å². The standard InChI is InChI=1S/C21H20N4O2/c1-14-6-5-7-15(10-14)12-22-21(27)17-13-23-25-19(26)11-18(24-20(17)25)16-8-3-2-4-9-16/h3,5-11,13,26H,2,4,12H2,1H3,(H,22,27). The summed E-state index contributed by atoms with van der Waals surface area (Å²) in [7, 11) is 0. The minimum atomic E-state index is -0.274. The highest BCUT2D eigenvalue weighted by molar-refractivity contribution is 5.99. The van der Waals surface area contributed by atoms with Crippen molar-refractivity contribution in [2.75, 3.05) is 0 Å². The summed E-state index contributed by atoms with van der Waals surface area (Å²) in [5, 5.41) is 17.3. The van der Waals surface area contributed by atoms with Gasteiger partial charge in [0.15, 0.2) is 5.65 Å². The minimum Gasteiger partial charge on any atom is -0.493 e. The molecule has 2 N–H and O–H groups in total. The first-order valence-corrected chi connectivity index (χ1v) is 8.90. The molecule has 6 nitrogen and oxygen atoms in total. The van der Waals surface area contributed by atoms with E-state index >= 15 is 0 Å². The Hall–Kier alpha value is -3.41. The lowest BCUT2D eigenvalue weighted by molar-refractivity contribution is 0.0952. The molecule has 4 rings (SSSR count). The van der Waals surface area contributed by atoms with Gasteiger partial charge in [-0.1, -0.05) is 48.1 Å². The Kier molecular flexibility index (Phi) is 4.46. The van der Waals surface area contributed by atoms with Crippen molar-refractivity contribution < 1.29 is 9.90 Å². The Balaban J connectivity index is 1.63. The first-order valence-electron chi connectivity index (χ1n) is 8.90. The molecule has 0 aliphatic heterocycles. The number of aryl methyl sites for hydroxylation is 1. The number of rotatable bonds is 4. The van der Waals surface area contributed by atoms with Crippen molar-refractivity contribution in [2.24, 2.45) is 0 Å². The van der Waals surface area contributed by atoms with Gasteiger partial charge in [0, 0.05) is 12.6 Å². The van der Waals surface area contributed by atoms with Gasteiger partial charge in [-0.3, -0.25) is 4.79 Å². The van der Waals surface area contributed by atoms with E-state index in [9.17, 15) is 9.90 Å². The van der Waals surface area contributed by atoms with E-state index in [4.69, 9.17) is 0 Å². The number of benzene rings is 1. The predicted molar refractivity (Wildman–Crippen MR) is 103 cm³/mol. The molecule has 1 aliphatic carbocycles. The van der Waals surface area contributed by atoms with Gasteiger partial charge in [0.05, 0.1) is 11.9 Å². The number of fused-ring (bicyclic) bond motifs is 1. The largest absolute Gasteiger partial charge is 0.493 e. The summed E-state index contributed by atoms with van der Waals surface area (Å²) in [6, 6.07) is 9.53. The number of hydrogen-bond acceptors (Lipinski definition) is 4. The van der Waals surface area contributed by atoms with Gasteiger partial charge in [-0.15, -0.1) is 0 Å². The third-order valence-corrected chi connectivity index (χ3v) is 4.52. The van der Waals surface area contributed by atoms with Crippen molar-refractivity contribution in [3.8, 4) is 5.88 Å². The number of carbonyl (C=O) groups excluding carboxylic acids is 1. The van der Waals surface area contributed by atoms with Crippen LogP contribution in [0.15, 0.2) is 54.8 Å². The Labute approximate surface area is 156 Å². The van der Waals surface area contributed by atoms with E-state index in [0.717, 1.165) is 29.5 Å². The number of amides is 1. The zero-order chi connectivity index (χ0) is 18.8. The molecule has 0 fully saturated rings. The Morgan fingerprint density at radius 1 is 1.30 bits per heavy atom. The summed E-state index contributed by atoms with van der Waals surface area (Å²) in [5.41, 5.74) is 4.40. The molecule has 0 saturated carbocycles. The van der Waals surface area contributed by atoms with Crippen LogP contribution < -0.4 is 5.32 Å². The quantitative estimate of drug-likeness (QED) is 0.747. The molecule has 1 aromatic carbocycles. The molecule has 0 radical (unpaired) electrons. The lowest BCUT2D eigenvalue weighted by Gasteiger charge is -2.09. The fourth-order valence-electron chi connectivity index (χ4n) is 3.16. The average molecular weight is 360 g/mol. The molecule has 1 amide bonds. The summed E-state index contributed by atoms with van der Waals surface area (Å²) >= 11 is 0. The lowest BCUT2D eigenvalue weighted by Crippen LogP contribution is -2.22. The number of nitrogens with one attached hydrogen (secondary N) is 1. The summed E-state index contributed by atoms with van der Waals surface area (Å²) in [4.78, 5) is 17.2. The topological polar surface area (TPSA) is 79.5 Å². The highest BCUT2D eigenvalue weighted by Crippen LogP contribution is 2.25. The fourth-order valence-corrected chi connectivity index (χ4v) is 3.16. The maximum Gasteiger partial charge on any atom is 0.257 e.